The number of hydrogen-bond acceptors (Lipinski definition) is 6. The largest absolute Gasteiger partial charge is 0.497 e. The molecule has 196 valence electrons. The minimum atomic E-state index is -0.451. The Hall–Kier alpha value is -4.40. The highest BCUT2D eigenvalue weighted by molar-refractivity contribution is 6.32. The van der Waals surface area contributed by atoms with Gasteiger partial charge in [0.15, 0.2) is 6.61 Å². The molecule has 0 saturated carbocycles. The van der Waals surface area contributed by atoms with Gasteiger partial charge in [-0.05, 0) is 67.1 Å². The number of hydrazone groups is 1. The molecule has 0 atom stereocenters. The first kappa shape index (κ1) is 26.2. The predicted octanol–water partition coefficient (Wildman–Crippen LogP) is 6.24. The molecule has 0 saturated heterocycles. The zero-order valence-electron chi connectivity index (χ0n) is 21.1. The number of amides is 1. The first-order valence-electron chi connectivity index (χ1n) is 11.9. The van der Waals surface area contributed by atoms with Crippen molar-refractivity contribution in [1.29, 1.82) is 0 Å². The van der Waals surface area contributed by atoms with E-state index in [2.05, 4.69) is 20.6 Å². The van der Waals surface area contributed by atoms with E-state index in [4.69, 9.17) is 32.7 Å². The highest BCUT2D eigenvalue weighted by atomic mass is 35.5. The second-order valence-corrected chi connectivity index (χ2v) is 9.34. The van der Waals surface area contributed by atoms with Crippen molar-refractivity contribution in [3.05, 3.63) is 100 Å². The molecular weight excluding hydrogens is 537 g/mol. The van der Waals surface area contributed by atoms with Crippen LogP contribution in [0.1, 0.15) is 11.1 Å². The summed E-state index contributed by atoms with van der Waals surface area (Å²) in [6, 6.07) is 22.5. The van der Waals surface area contributed by atoms with E-state index in [1.807, 2.05) is 73.7 Å². The van der Waals surface area contributed by atoms with Gasteiger partial charge in [0.2, 0.25) is 0 Å². The lowest BCUT2D eigenvalue weighted by Crippen LogP contribution is -2.24. The number of aryl methyl sites for hydroxylation is 1. The van der Waals surface area contributed by atoms with Crippen molar-refractivity contribution in [1.82, 2.24) is 20.2 Å². The van der Waals surface area contributed by atoms with Crippen LogP contribution in [0.2, 0.25) is 10.2 Å². The second kappa shape index (κ2) is 11.6. The third-order valence-corrected chi connectivity index (χ3v) is 6.64. The number of ether oxygens (including phenoxy) is 2. The maximum Gasteiger partial charge on any atom is 0.277 e. The number of methoxy groups -OCH3 is 1. The minimum absolute atomic E-state index is 0.262. The summed E-state index contributed by atoms with van der Waals surface area (Å²) in [6.07, 6.45) is 3.13. The molecule has 0 radical (unpaired) electrons. The van der Waals surface area contributed by atoms with Crippen LogP contribution < -0.4 is 14.9 Å². The molecule has 8 nitrogen and oxygen atoms in total. The Kier molecular flexibility index (Phi) is 7.76. The molecule has 0 aliphatic heterocycles. The lowest BCUT2D eigenvalue weighted by atomic mass is 10.1. The first-order chi connectivity index (χ1) is 18.9. The molecule has 1 N–H and O–H groups in total. The molecular formula is C29H23Cl2N5O3. The number of nitrogens with zero attached hydrogens (tertiary/aromatic N) is 4. The van der Waals surface area contributed by atoms with E-state index in [9.17, 15) is 4.79 Å². The fourth-order valence-electron chi connectivity index (χ4n) is 3.97. The number of carbonyl (C=O) groups excluding carboxylic acids is 1. The van der Waals surface area contributed by atoms with Crippen LogP contribution in [0.4, 0.5) is 0 Å². The summed E-state index contributed by atoms with van der Waals surface area (Å²) in [6.45, 7) is 1.60. The summed E-state index contributed by atoms with van der Waals surface area (Å²) in [5.41, 5.74) is 6.90. The van der Waals surface area contributed by atoms with Gasteiger partial charge in [-0.1, -0.05) is 41.4 Å². The molecule has 0 aliphatic rings. The fraction of sp³-hybridized carbons (Fsp3) is 0.103. The summed E-state index contributed by atoms with van der Waals surface area (Å²) in [4.78, 5) is 16.9. The second-order valence-electron chi connectivity index (χ2n) is 8.57. The third kappa shape index (κ3) is 5.87. The molecule has 0 unspecified atom stereocenters. The Balaban J connectivity index is 1.31. The molecule has 5 aromatic rings. The van der Waals surface area contributed by atoms with E-state index >= 15 is 0 Å². The molecule has 0 fully saturated rings. The van der Waals surface area contributed by atoms with Crippen LogP contribution >= 0.6 is 23.2 Å². The normalized spacial score (nSPS) is 11.2. The summed E-state index contributed by atoms with van der Waals surface area (Å²) in [7, 11) is 1.59. The number of carbonyl (C=O) groups is 1. The average molecular weight is 560 g/mol. The van der Waals surface area contributed by atoms with E-state index in [1.165, 1.54) is 6.21 Å². The molecule has 2 heterocycles. The molecule has 0 aliphatic carbocycles. The van der Waals surface area contributed by atoms with Gasteiger partial charge in [-0.15, -0.1) is 0 Å². The van der Waals surface area contributed by atoms with Crippen molar-refractivity contribution in [3.8, 4) is 28.4 Å². The SMILES string of the molecule is COc1ccc2nc(Cl)c(/C=N/NC(=O)COc3cc(C)c(Cl)cc3-c3ccnn3-c3ccccc3)cc2c1. The molecule has 0 bridgehead atoms. The quantitative estimate of drug-likeness (QED) is 0.138. The molecule has 5 rings (SSSR count). The predicted molar refractivity (Wildman–Crippen MR) is 153 cm³/mol. The summed E-state index contributed by atoms with van der Waals surface area (Å²) in [5, 5.41) is 10.1. The van der Waals surface area contributed by atoms with Crippen molar-refractivity contribution in [2.75, 3.05) is 13.7 Å². The molecule has 1 amide bonds. The highest BCUT2D eigenvalue weighted by Gasteiger charge is 2.16. The van der Waals surface area contributed by atoms with Gasteiger partial charge in [-0.3, -0.25) is 4.79 Å². The molecule has 0 spiro atoms. The Morgan fingerprint density at radius 1 is 1.08 bits per heavy atom. The smallest absolute Gasteiger partial charge is 0.277 e. The van der Waals surface area contributed by atoms with Crippen LogP contribution in [0.5, 0.6) is 11.5 Å². The van der Waals surface area contributed by atoms with Crippen LogP contribution in [0.15, 0.2) is 84.1 Å². The van der Waals surface area contributed by atoms with Crippen molar-refractivity contribution in [2.45, 2.75) is 6.92 Å². The summed E-state index contributed by atoms with van der Waals surface area (Å²) in [5.74, 6) is 0.737. The number of fused-ring (bicyclic) bond motifs is 1. The molecule has 3 aromatic carbocycles. The Morgan fingerprint density at radius 3 is 2.69 bits per heavy atom. The number of halogens is 2. The van der Waals surface area contributed by atoms with Crippen molar-refractivity contribution in [3.63, 3.8) is 0 Å². The zero-order valence-corrected chi connectivity index (χ0v) is 22.6. The van der Waals surface area contributed by atoms with Crippen molar-refractivity contribution < 1.29 is 14.3 Å². The maximum absolute atomic E-state index is 12.6. The maximum atomic E-state index is 12.6. The Bertz CT molecular complexity index is 1690. The van der Waals surface area contributed by atoms with E-state index in [0.717, 1.165) is 27.8 Å². The van der Waals surface area contributed by atoms with Gasteiger partial charge in [-0.2, -0.15) is 10.2 Å². The van der Waals surface area contributed by atoms with E-state index in [1.54, 1.807) is 24.1 Å². The van der Waals surface area contributed by atoms with Crippen LogP contribution in [-0.2, 0) is 4.79 Å². The van der Waals surface area contributed by atoms with Crippen LogP contribution in [-0.4, -0.2) is 40.6 Å². The van der Waals surface area contributed by atoms with Crippen LogP contribution in [0.25, 0.3) is 27.8 Å². The van der Waals surface area contributed by atoms with Gasteiger partial charge in [0, 0.05) is 21.5 Å². The molecule has 39 heavy (non-hydrogen) atoms. The Morgan fingerprint density at radius 2 is 1.90 bits per heavy atom. The first-order valence-corrected chi connectivity index (χ1v) is 12.7. The highest BCUT2D eigenvalue weighted by Crippen LogP contribution is 2.35. The molecule has 2 aromatic heterocycles. The van der Waals surface area contributed by atoms with Crippen LogP contribution in [0, 0.1) is 6.92 Å². The number of pyridine rings is 1. The van der Waals surface area contributed by atoms with Crippen molar-refractivity contribution in [2.24, 2.45) is 5.10 Å². The van der Waals surface area contributed by atoms with Gasteiger partial charge in [-0.25, -0.2) is 15.1 Å². The lowest BCUT2D eigenvalue weighted by Gasteiger charge is -2.15. The number of benzene rings is 3. The van der Waals surface area contributed by atoms with Crippen LogP contribution in [0.3, 0.4) is 0 Å². The standard InChI is InChI=1S/C29H23Cl2N5O3/c1-18-12-27(23(15-24(18)30)26-10-11-33-36(26)21-6-4-3-5-7-21)39-17-28(37)35-32-16-20-13-19-14-22(38-2)8-9-25(19)34-29(20)31/h3-16H,17H2,1-2H3,(H,35,37)/b32-16+. The summed E-state index contributed by atoms with van der Waals surface area (Å²) < 4.78 is 13.0. The van der Waals surface area contributed by atoms with E-state index < -0.39 is 5.91 Å². The van der Waals surface area contributed by atoms with Gasteiger partial charge in [0.1, 0.15) is 16.7 Å². The number of aromatic nitrogens is 3. The number of para-hydroxylation sites is 1. The van der Waals surface area contributed by atoms with Gasteiger partial charge < -0.3 is 9.47 Å². The zero-order chi connectivity index (χ0) is 27.4. The number of hydrogen-bond donors (Lipinski definition) is 1. The topological polar surface area (TPSA) is 90.6 Å². The van der Waals surface area contributed by atoms with Crippen molar-refractivity contribution >= 4 is 46.2 Å². The fourth-order valence-corrected chi connectivity index (χ4v) is 4.33. The summed E-state index contributed by atoms with van der Waals surface area (Å²) >= 11 is 12.7. The van der Waals surface area contributed by atoms with Gasteiger partial charge in [0.05, 0.1) is 36.4 Å². The van der Waals surface area contributed by atoms with E-state index in [0.29, 0.717) is 27.6 Å². The van der Waals surface area contributed by atoms with Gasteiger partial charge in [0.25, 0.3) is 5.91 Å². The Labute approximate surface area is 234 Å². The minimum Gasteiger partial charge on any atom is -0.497 e. The van der Waals surface area contributed by atoms with Gasteiger partial charge >= 0.3 is 0 Å². The number of rotatable bonds is 8. The monoisotopic (exact) mass is 559 g/mol. The number of nitrogens with one attached hydrogen (secondary N) is 1. The third-order valence-electron chi connectivity index (χ3n) is 5.93. The van der Waals surface area contributed by atoms with E-state index in [-0.39, 0.29) is 11.8 Å². The average Bonchev–Trinajstić information content (AvgIpc) is 3.44. The molecule has 10 heteroatoms. The lowest BCUT2D eigenvalue weighted by molar-refractivity contribution is -0.123.